The summed E-state index contributed by atoms with van der Waals surface area (Å²) < 4.78 is 35.8. The third-order valence-corrected chi connectivity index (χ3v) is 2.18. The Morgan fingerprint density at radius 1 is 1.42 bits per heavy atom. The fourth-order valence-electron chi connectivity index (χ4n) is 1.33. The molecule has 0 aromatic heterocycles. The lowest BCUT2D eigenvalue weighted by Crippen LogP contribution is -2.47. The molecule has 5 nitrogen and oxygen atoms in total. The van der Waals surface area contributed by atoms with Crippen molar-refractivity contribution in [2.75, 3.05) is 7.11 Å². The van der Waals surface area contributed by atoms with Crippen molar-refractivity contribution in [2.24, 2.45) is 5.84 Å². The van der Waals surface area contributed by atoms with Crippen LogP contribution in [0.5, 0.6) is 11.5 Å². The summed E-state index contributed by atoms with van der Waals surface area (Å²) in [6.45, 7) is 1.82. The first kappa shape index (κ1) is 14.9. The molecular formula is C12H14F2N2O3. The molecule has 0 heterocycles. The molecule has 0 bridgehead atoms. The second-order valence-corrected chi connectivity index (χ2v) is 3.50. The van der Waals surface area contributed by atoms with Gasteiger partial charge in [0.2, 0.25) is 0 Å². The quantitative estimate of drug-likeness (QED) is 0.486. The molecule has 1 amide bonds. The Morgan fingerprint density at radius 3 is 2.63 bits per heavy atom. The van der Waals surface area contributed by atoms with E-state index in [1.54, 1.807) is 18.2 Å². The molecule has 1 aromatic rings. The van der Waals surface area contributed by atoms with Gasteiger partial charge in [0.25, 0.3) is 0 Å². The van der Waals surface area contributed by atoms with Crippen LogP contribution in [0, 0.1) is 0 Å². The van der Waals surface area contributed by atoms with Crippen molar-refractivity contribution in [1.29, 1.82) is 0 Å². The fourth-order valence-corrected chi connectivity index (χ4v) is 1.33. The molecule has 19 heavy (non-hydrogen) atoms. The molecule has 1 rings (SSSR count). The normalized spacial score (nSPS) is 11.4. The number of ether oxygens (including phenoxy) is 2. The van der Waals surface area contributed by atoms with Gasteiger partial charge < -0.3 is 9.47 Å². The Bertz CT molecular complexity index is 490. The first-order chi connectivity index (χ1) is 8.94. The number of hydrogen-bond acceptors (Lipinski definition) is 4. The molecule has 0 aliphatic carbocycles. The van der Waals surface area contributed by atoms with Crippen molar-refractivity contribution >= 4 is 12.0 Å². The number of carbonyl (C=O) groups is 1. The fraction of sp³-hybridized carbons (Fsp3) is 0.250. The summed E-state index contributed by atoms with van der Waals surface area (Å²) >= 11 is 0. The Labute approximate surface area is 109 Å². The molecule has 0 spiro atoms. The van der Waals surface area contributed by atoms with Gasteiger partial charge in [-0.15, -0.1) is 0 Å². The highest BCUT2D eigenvalue weighted by molar-refractivity contribution is 5.81. The van der Waals surface area contributed by atoms with Gasteiger partial charge >= 0.3 is 12.0 Å². The van der Waals surface area contributed by atoms with Crippen LogP contribution in [0.4, 0.5) is 8.78 Å². The predicted octanol–water partition coefficient (Wildman–Crippen LogP) is 1.69. The van der Waals surface area contributed by atoms with Gasteiger partial charge in [-0.3, -0.25) is 10.2 Å². The van der Waals surface area contributed by atoms with E-state index in [0.717, 1.165) is 5.56 Å². The monoisotopic (exact) mass is 272 g/mol. The average molecular weight is 272 g/mol. The smallest absolute Gasteiger partial charge is 0.483 e. The van der Waals surface area contributed by atoms with Crippen molar-refractivity contribution in [3.63, 3.8) is 0 Å². The molecule has 0 saturated carbocycles. The third-order valence-electron chi connectivity index (χ3n) is 2.18. The first-order valence-corrected chi connectivity index (χ1v) is 5.33. The van der Waals surface area contributed by atoms with E-state index in [4.69, 9.17) is 4.74 Å². The number of nitrogens with one attached hydrogen (secondary N) is 1. The lowest BCUT2D eigenvalue weighted by Gasteiger charge is -2.17. The number of benzene rings is 1. The molecule has 0 aliphatic heterocycles. The number of rotatable bonds is 5. The van der Waals surface area contributed by atoms with Gasteiger partial charge in [-0.1, -0.05) is 18.2 Å². The SMILES string of the molecule is C/C=C/c1ccc(OC(F)(F)C(=O)NN)c(OC)c1. The van der Waals surface area contributed by atoms with Crippen LogP contribution >= 0.6 is 0 Å². The van der Waals surface area contributed by atoms with Crippen LogP contribution < -0.4 is 20.7 Å². The summed E-state index contributed by atoms with van der Waals surface area (Å²) in [5, 5.41) is 0. The minimum atomic E-state index is -4.08. The number of hydrazine groups is 1. The Kier molecular flexibility index (Phi) is 4.82. The lowest BCUT2D eigenvalue weighted by molar-refractivity contribution is -0.193. The van der Waals surface area contributed by atoms with E-state index in [9.17, 15) is 13.6 Å². The zero-order valence-corrected chi connectivity index (χ0v) is 10.4. The Hall–Kier alpha value is -2.15. The maximum atomic E-state index is 13.3. The number of allylic oxidation sites excluding steroid dienone is 1. The van der Waals surface area contributed by atoms with Gasteiger partial charge in [-0.2, -0.15) is 8.78 Å². The second-order valence-electron chi connectivity index (χ2n) is 3.50. The number of halogens is 2. The number of alkyl halides is 2. The molecule has 0 atom stereocenters. The molecule has 7 heteroatoms. The third kappa shape index (κ3) is 3.65. The van der Waals surface area contributed by atoms with Crippen LogP contribution in [0.1, 0.15) is 12.5 Å². The second kappa shape index (κ2) is 6.14. The van der Waals surface area contributed by atoms with Crippen molar-refractivity contribution < 1.29 is 23.0 Å². The zero-order valence-electron chi connectivity index (χ0n) is 10.4. The van der Waals surface area contributed by atoms with E-state index < -0.39 is 12.0 Å². The number of methoxy groups -OCH3 is 1. The standard InChI is InChI=1S/C12H14F2N2O3/c1-3-4-8-5-6-9(10(7-8)18-2)19-12(13,14)11(17)16-15/h3-7H,15H2,1-2H3,(H,16,17)/b4-3+. The predicted molar refractivity (Wildman–Crippen MR) is 65.6 cm³/mol. The molecule has 0 radical (unpaired) electrons. The summed E-state index contributed by atoms with van der Waals surface area (Å²) in [5.41, 5.74) is 2.08. The molecule has 3 N–H and O–H groups in total. The zero-order chi connectivity index (χ0) is 14.5. The van der Waals surface area contributed by atoms with Crippen LogP contribution in [0.15, 0.2) is 24.3 Å². The van der Waals surface area contributed by atoms with E-state index in [1.165, 1.54) is 24.7 Å². The van der Waals surface area contributed by atoms with Crippen molar-refractivity contribution in [2.45, 2.75) is 13.0 Å². The molecular weight excluding hydrogens is 258 g/mol. The first-order valence-electron chi connectivity index (χ1n) is 5.33. The minimum Gasteiger partial charge on any atom is -0.493 e. The van der Waals surface area contributed by atoms with E-state index in [1.807, 2.05) is 6.92 Å². The van der Waals surface area contributed by atoms with Crippen LogP contribution in [0.2, 0.25) is 0 Å². The van der Waals surface area contributed by atoms with Crippen LogP contribution in [0.3, 0.4) is 0 Å². The molecule has 0 aliphatic rings. The topological polar surface area (TPSA) is 73.6 Å². The summed E-state index contributed by atoms with van der Waals surface area (Å²) in [7, 11) is 1.31. The van der Waals surface area contributed by atoms with Gasteiger partial charge in [0.1, 0.15) is 0 Å². The van der Waals surface area contributed by atoms with Crippen LogP contribution in [-0.4, -0.2) is 19.1 Å². The van der Waals surface area contributed by atoms with Gasteiger partial charge in [0.15, 0.2) is 11.5 Å². The van der Waals surface area contributed by atoms with Crippen molar-refractivity contribution in [1.82, 2.24) is 5.43 Å². The van der Waals surface area contributed by atoms with E-state index in [2.05, 4.69) is 10.6 Å². The largest absolute Gasteiger partial charge is 0.493 e. The van der Waals surface area contributed by atoms with E-state index in [0.29, 0.717) is 0 Å². The molecule has 0 fully saturated rings. The molecule has 0 saturated heterocycles. The Balaban J connectivity index is 3.04. The lowest BCUT2D eigenvalue weighted by atomic mass is 10.2. The van der Waals surface area contributed by atoms with Crippen molar-refractivity contribution in [3.8, 4) is 11.5 Å². The summed E-state index contributed by atoms with van der Waals surface area (Å²) in [6.07, 6.45) is -0.535. The number of hydrogen-bond donors (Lipinski definition) is 2. The molecule has 1 aromatic carbocycles. The van der Waals surface area contributed by atoms with Gasteiger partial charge in [0.05, 0.1) is 7.11 Å². The number of amides is 1. The maximum absolute atomic E-state index is 13.3. The van der Waals surface area contributed by atoms with Crippen molar-refractivity contribution in [3.05, 3.63) is 29.8 Å². The van der Waals surface area contributed by atoms with Gasteiger partial charge in [0, 0.05) is 0 Å². The summed E-state index contributed by atoms with van der Waals surface area (Å²) in [4.78, 5) is 10.8. The maximum Gasteiger partial charge on any atom is 0.483 e. The van der Waals surface area contributed by atoms with Gasteiger partial charge in [-0.25, -0.2) is 5.84 Å². The van der Waals surface area contributed by atoms with Gasteiger partial charge in [-0.05, 0) is 24.6 Å². The highest BCUT2D eigenvalue weighted by atomic mass is 19.3. The van der Waals surface area contributed by atoms with E-state index >= 15 is 0 Å². The van der Waals surface area contributed by atoms with Crippen LogP contribution in [0.25, 0.3) is 6.08 Å². The number of carbonyl (C=O) groups excluding carboxylic acids is 1. The molecule has 0 unspecified atom stereocenters. The highest BCUT2D eigenvalue weighted by Gasteiger charge is 2.42. The average Bonchev–Trinajstić information content (AvgIpc) is 2.39. The van der Waals surface area contributed by atoms with E-state index in [-0.39, 0.29) is 11.5 Å². The minimum absolute atomic E-state index is 0.0834. The highest BCUT2D eigenvalue weighted by Crippen LogP contribution is 2.32. The van der Waals surface area contributed by atoms with Crippen LogP contribution in [-0.2, 0) is 4.79 Å². The number of nitrogens with two attached hydrogens (primary N) is 1. The summed E-state index contributed by atoms with van der Waals surface area (Å²) in [5.74, 6) is 2.73. The Morgan fingerprint density at radius 2 is 2.11 bits per heavy atom. The summed E-state index contributed by atoms with van der Waals surface area (Å²) in [6, 6.07) is 4.34. The molecule has 104 valence electrons.